The number of hydrogen-bond acceptors (Lipinski definition) is 3. The van der Waals surface area contributed by atoms with Gasteiger partial charge < -0.3 is 14.8 Å². The first-order valence-electron chi connectivity index (χ1n) is 9.28. The van der Waals surface area contributed by atoms with Crippen molar-refractivity contribution >= 4 is 11.8 Å². The molecule has 1 N–H and O–H groups in total. The van der Waals surface area contributed by atoms with E-state index in [4.69, 9.17) is 0 Å². The zero-order valence-corrected chi connectivity index (χ0v) is 14.8. The summed E-state index contributed by atoms with van der Waals surface area (Å²) < 4.78 is 1.99. The van der Waals surface area contributed by atoms with Crippen LogP contribution in [-0.4, -0.2) is 45.9 Å². The van der Waals surface area contributed by atoms with Crippen molar-refractivity contribution in [3.05, 3.63) is 17.2 Å². The topological polar surface area (TPSA) is 67.2 Å². The van der Waals surface area contributed by atoms with E-state index < -0.39 is 0 Å². The van der Waals surface area contributed by atoms with Crippen molar-refractivity contribution in [2.75, 3.05) is 19.6 Å². The molecule has 2 aliphatic rings. The molecule has 3 heterocycles. The fourth-order valence-corrected chi connectivity index (χ4v) is 3.56. The van der Waals surface area contributed by atoms with Gasteiger partial charge in [-0.3, -0.25) is 9.59 Å². The Balaban J connectivity index is 1.86. The first-order valence-corrected chi connectivity index (χ1v) is 9.28. The lowest BCUT2D eigenvalue weighted by molar-refractivity contribution is 0.0678. The standard InChI is InChI=1S/C18H28N4O2/c1-3-9-19-17(23)15-14-6-4-5-10-22(14)16(20-15)18(24)21-11-7-13(2)8-12-21/h13H,3-12H2,1-2H3,(H,19,23). The number of hydrogen-bond donors (Lipinski definition) is 1. The number of fused-ring (bicyclic) bond motifs is 1. The number of nitrogens with one attached hydrogen (secondary N) is 1. The van der Waals surface area contributed by atoms with E-state index in [1.54, 1.807) is 0 Å². The van der Waals surface area contributed by atoms with Crippen molar-refractivity contribution < 1.29 is 9.59 Å². The largest absolute Gasteiger partial charge is 0.351 e. The zero-order valence-electron chi connectivity index (χ0n) is 14.8. The third-order valence-electron chi connectivity index (χ3n) is 5.13. The summed E-state index contributed by atoms with van der Waals surface area (Å²) in [4.78, 5) is 31.8. The van der Waals surface area contributed by atoms with E-state index in [1.807, 2.05) is 16.4 Å². The molecule has 2 amide bonds. The highest BCUT2D eigenvalue weighted by Crippen LogP contribution is 2.24. The first-order chi connectivity index (χ1) is 11.6. The van der Waals surface area contributed by atoms with E-state index >= 15 is 0 Å². The molecule has 2 aliphatic heterocycles. The Labute approximate surface area is 143 Å². The highest BCUT2D eigenvalue weighted by molar-refractivity contribution is 5.97. The molecule has 0 aromatic carbocycles. The summed E-state index contributed by atoms with van der Waals surface area (Å²) in [5.74, 6) is 0.980. The second-order valence-electron chi connectivity index (χ2n) is 7.07. The van der Waals surface area contributed by atoms with Crippen molar-refractivity contribution in [1.29, 1.82) is 0 Å². The van der Waals surface area contributed by atoms with Crippen molar-refractivity contribution in [3.8, 4) is 0 Å². The van der Waals surface area contributed by atoms with E-state index in [9.17, 15) is 9.59 Å². The molecule has 0 spiro atoms. The summed E-state index contributed by atoms with van der Waals surface area (Å²) in [6, 6.07) is 0. The van der Waals surface area contributed by atoms with Crippen LogP contribution >= 0.6 is 0 Å². The number of aromatic nitrogens is 2. The molecule has 0 saturated carbocycles. The number of nitrogens with zero attached hydrogens (tertiary/aromatic N) is 3. The normalized spacial score (nSPS) is 18.3. The van der Waals surface area contributed by atoms with Crippen LogP contribution < -0.4 is 5.32 Å². The number of rotatable bonds is 4. The van der Waals surface area contributed by atoms with Crippen molar-refractivity contribution in [1.82, 2.24) is 19.8 Å². The average molecular weight is 332 g/mol. The Hall–Kier alpha value is -1.85. The van der Waals surface area contributed by atoms with Crippen LogP contribution in [0.15, 0.2) is 0 Å². The minimum absolute atomic E-state index is 0.0143. The molecule has 6 heteroatoms. The van der Waals surface area contributed by atoms with E-state index in [1.165, 1.54) is 0 Å². The number of imidazole rings is 1. The smallest absolute Gasteiger partial charge is 0.289 e. The van der Waals surface area contributed by atoms with Crippen LogP contribution in [0.25, 0.3) is 0 Å². The summed E-state index contributed by atoms with van der Waals surface area (Å²) in [7, 11) is 0. The van der Waals surface area contributed by atoms with Gasteiger partial charge in [0.25, 0.3) is 11.8 Å². The Morgan fingerprint density at radius 2 is 1.96 bits per heavy atom. The van der Waals surface area contributed by atoms with Gasteiger partial charge in [0.2, 0.25) is 0 Å². The minimum atomic E-state index is -0.145. The van der Waals surface area contributed by atoms with Crippen LogP contribution in [0.5, 0.6) is 0 Å². The van der Waals surface area contributed by atoms with Gasteiger partial charge in [-0.15, -0.1) is 0 Å². The summed E-state index contributed by atoms with van der Waals surface area (Å²) in [6.45, 7) is 7.26. The van der Waals surface area contributed by atoms with Gasteiger partial charge in [-0.1, -0.05) is 13.8 Å². The Morgan fingerprint density at radius 3 is 2.67 bits per heavy atom. The lowest BCUT2D eigenvalue weighted by Crippen LogP contribution is -2.39. The van der Waals surface area contributed by atoms with Gasteiger partial charge in [-0.25, -0.2) is 4.98 Å². The average Bonchev–Trinajstić information content (AvgIpc) is 2.99. The lowest BCUT2D eigenvalue weighted by Gasteiger charge is -2.30. The molecule has 0 radical (unpaired) electrons. The highest BCUT2D eigenvalue weighted by Gasteiger charge is 2.30. The predicted molar refractivity (Wildman–Crippen MR) is 92.1 cm³/mol. The van der Waals surface area contributed by atoms with E-state index in [-0.39, 0.29) is 11.8 Å². The number of likely N-dealkylation sites (tertiary alicyclic amines) is 1. The molecule has 0 atom stereocenters. The van der Waals surface area contributed by atoms with Crippen LogP contribution in [0.3, 0.4) is 0 Å². The number of carbonyl (C=O) groups excluding carboxylic acids is 2. The van der Waals surface area contributed by atoms with Crippen molar-refractivity contribution in [2.45, 2.75) is 58.9 Å². The van der Waals surface area contributed by atoms with Gasteiger partial charge in [0.05, 0.1) is 5.69 Å². The molecule has 6 nitrogen and oxygen atoms in total. The fraction of sp³-hybridized carbons (Fsp3) is 0.722. The molecule has 1 fully saturated rings. The second kappa shape index (κ2) is 7.36. The molecular formula is C18H28N4O2. The number of amides is 2. The molecule has 132 valence electrons. The fourth-order valence-electron chi connectivity index (χ4n) is 3.56. The van der Waals surface area contributed by atoms with Crippen LogP contribution in [0, 0.1) is 5.92 Å². The lowest BCUT2D eigenvalue weighted by atomic mass is 9.99. The van der Waals surface area contributed by atoms with Crippen LogP contribution in [0.2, 0.25) is 0 Å². The molecule has 1 aromatic rings. The predicted octanol–water partition coefficient (Wildman–Crippen LogP) is 2.23. The summed E-state index contributed by atoms with van der Waals surface area (Å²) in [5, 5.41) is 2.90. The minimum Gasteiger partial charge on any atom is -0.351 e. The Morgan fingerprint density at radius 1 is 1.21 bits per heavy atom. The third kappa shape index (κ3) is 3.32. The van der Waals surface area contributed by atoms with Gasteiger partial charge in [0, 0.05) is 26.2 Å². The van der Waals surface area contributed by atoms with Crippen LogP contribution in [-0.2, 0) is 13.0 Å². The number of piperidine rings is 1. The molecule has 1 saturated heterocycles. The SMILES string of the molecule is CCCNC(=O)c1nc(C(=O)N2CCC(C)CC2)n2c1CCCC2. The molecule has 3 rings (SSSR count). The molecule has 1 aromatic heterocycles. The Bertz CT molecular complexity index is 615. The summed E-state index contributed by atoms with van der Waals surface area (Å²) in [5.41, 5.74) is 1.39. The molecule has 24 heavy (non-hydrogen) atoms. The molecular weight excluding hydrogens is 304 g/mol. The number of carbonyl (C=O) groups is 2. The van der Waals surface area contributed by atoms with Gasteiger partial charge in [-0.2, -0.15) is 0 Å². The van der Waals surface area contributed by atoms with Gasteiger partial charge >= 0.3 is 0 Å². The Kier molecular flexibility index (Phi) is 5.21. The van der Waals surface area contributed by atoms with E-state index in [2.05, 4.69) is 17.2 Å². The van der Waals surface area contributed by atoms with E-state index in [0.29, 0.717) is 24.0 Å². The van der Waals surface area contributed by atoms with Gasteiger partial charge in [0.15, 0.2) is 5.82 Å². The van der Waals surface area contributed by atoms with Crippen LogP contribution in [0.4, 0.5) is 0 Å². The second-order valence-corrected chi connectivity index (χ2v) is 7.07. The summed E-state index contributed by atoms with van der Waals surface area (Å²) in [6.07, 6.45) is 5.89. The maximum Gasteiger partial charge on any atom is 0.289 e. The first kappa shape index (κ1) is 17.0. The zero-order chi connectivity index (χ0) is 17.1. The summed E-state index contributed by atoms with van der Waals surface area (Å²) >= 11 is 0. The van der Waals surface area contributed by atoms with E-state index in [0.717, 1.165) is 63.9 Å². The van der Waals surface area contributed by atoms with Crippen molar-refractivity contribution in [3.63, 3.8) is 0 Å². The molecule has 0 bridgehead atoms. The molecule has 0 aliphatic carbocycles. The maximum atomic E-state index is 12.9. The monoisotopic (exact) mass is 332 g/mol. The highest BCUT2D eigenvalue weighted by atomic mass is 16.2. The molecule has 0 unspecified atom stereocenters. The van der Waals surface area contributed by atoms with Crippen molar-refractivity contribution in [2.24, 2.45) is 5.92 Å². The quantitative estimate of drug-likeness (QED) is 0.919. The maximum absolute atomic E-state index is 12.9. The van der Waals surface area contributed by atoms with Gasteiger partial charge in [0.1, 0.15) is 5.69 Å². The van der Waals surface area contributed by atoms with Crippen LogP contribution in [0.1, 0.15) is 72.8 Å². The third-order valence-corrected chi connectivity index (χ3v) is 5.13. The van der Waals surface area contributed by atoms with Gasteiger partial charge in [-0.05, 0) is 44.4 Å².